The maximum Gasteiger partial charge on any atom is 0.306 e. The molecule has 0 amide bonds. The molecular formula is C67H109NO8. The van der Waals surface area contributed by atoms with E-state index < -0.39 is 24.3 Å². The van der Waals surface area contributed by atoms with Gasteiger partial charge < -0.3 is 33.3 Å². The second kappa shape index (κ2) is 56.6. The van der Waals surface area contributed by atoms with E-state index in [4.69, 9.17) is 18.9 Å². The number of hydrogen-bond acceptors (Lipinski definition) is 8. The van der Waals surface area contributed by atoms with Crippen molar-refractivity contribution < 1.29 is 42.9 Å². The van der Waals surface area contributed by atoms with Crippen LogP contribution in [-0.4, -0.2) is 82.3 Å². The topological polar surface area (TPSA) is 111 Å². The first-order valence-electron chi connectivity index (χ1n) is 29.8. The average molecular weight is 1060 g/mol. The lowest BCUT2D eigenvalue weighted by Gasteiger charge is -2.26. The van der Waals surface area contributed by atoms with Crippen LogP contribution >= 0.6 is 0 Å². The summed E-state index contributed by atoms with van der Waals surface area (Å²) in [5, 5.41) is 11.8. The van der Waals surface area contributed by atoms with Crippen molar-refractivity contribution in [3.05, 3.63) is 134 Å². The Morgan fingerprint density at radius 2 is 0.750 bits per heavy atom. The number of quaternary nitrogens is 1. The van der Waals surface area contributed by atoms with Crippen LogP contribution in [0.25, 0.3) is 0 Å². The molecule has 0 N–H and O–H groups in total. The Kier molecular flexibility index (Phi) is 53.2. The summed E-state index contributed by atoms with van der Waals surface area (Å²) in [6, 6.07) is 0. The molecule has 0 aliphatic heterocycles. The summed E-state index contributed by atoms with van der Waals surface area (Å²) in [7, 11) is 5.90. The third-order valence-corrected chi connectivity index (χ3v) is 12.1. The van der Waals surface area contributed by atoms with E-state index >= 15 is 0 Å². The van der Waals surface area contributed by atoms with Crippen molar-refractivity contribution in [2.24, 2.45) is 0 Å². The minimum atomic E-state index is -1.64. The third-order valence-electron chi connectivity index (χ3n) is 12.1. The number of carboxylic acid groups (broad SMARTS) is 1. The fraction of sp³-hybridized carbons (Fsp3) is 0.627. The van der Waals surface area contributed by atoms with E-state index in [9.17, 15) is 19.5 Å². The van der Waals surface area contributed by atoms with E-state index in [1.165, 1.54) is 51.4 Å². The molecule has 0 aromatic carbocycles. The summed E-state index contributed by atoms with van der Waals surface area (Å²) in [4.78, 5) is 37.3. The Labute approximate surface area is 465 Å². The van der Waals surface area contributed by atoms with Gasteiger partial charge in [0.05, 0.1) is 40.3 Å². The number of hydrogen-bond donors (Lipinski definition) is 0. The van der Waals surface area contributed by atoms with Crippen LogP contribution in [0, 0.1) is 0 Å². The second-order valence-corrected chi connectivity index (χ2v) is 20.5. The number of nitrogens with zero attached hydrogens (tertiary/aromatic N) is 1. The number of ether oxygens (including phenoxy) is 4. The van der Waals surface area contributed by atoms with Crippen LogP contribution in [-0.2, 0) is 33.3 Å². The molecule has 0 aromatic rings. The highest BCUT2D eigenvalue weighted by molar-refractivity contribution is 5.70. The van der Waals surface area contributed by atoms with Crippen LogP contribution in [0.4, 0.5) is 0 Å². The second-order valence-electron chi connectivity index (χ2n) is 20.5. The quantitative estimate of drug-likeness (QED) is 0.0195. The summed E-state index contributed by atoms with van der Waals surface area (Å²) in [6.45, 7) is 4.56. The molecule has 430 valence electrons. The zero-order valence-corrected chi connectivity index (χ0v) is 48.8. The fourth-order valence-electron chi connectivity index (χ4n) is 7.56. The van der Waals surface area contributed by atoms with Crippen molar-refractivity contribution in [3.8, 4) is 0 Å². The van der Waals surface area contributed by atoms with Gasteiger partial charge in [-0.25, -0.2) is 0 Å². The molecule has 0 saturated carbocycles. The van der Waals surface area contributed by atoms with E-state index in [0.29, 0.717) is 17.4 Å². The third kappa shape index (κ3) is 57.1. The Bertz CT molecular complexity index is 1700. The molecule has 0 spiro atoms. The maximum absolute atomic E-state index is 12.9. The van der Waals surface area contributed by atoms with E-state index in [1.54, 1.807) is 0 Å². The minimum Gasteiger partial charge on any atom is -0.545 e. The number of aliphatic carboxylic acids is 1. The van der Waals surface area contributed by atoms with Gasteiger partial charge in [-0.05, 0) is 116 Å². The highest BCUT2D eigenvalue weighted by atomic mass is 16.7. The minimum absolute atomic E-state index is 0.135. The Morgan fingerprint density at radius 3 is 1.12 bits per heavy atom. The van der Waals surface area contributed by atoms with Gasteiger partial charge in [0.2, 0.25) is 0 Å². The number of allylic oxidation sites excluding steroid dienone is 22. The standard InChI is InChI=1S/C67H109NO8/c1-6-8-10-12-14-16-18-20-22-24-26-27-28-29-30-31-32-33-34-35-36-37-38-39-40-42-44-46-48-50-52-54-56-58-65(70)76-63(62-75-67(66(71)72)73-60-59-68(3,4)5)61-74-64(69)57-55-53-51-49-47-45-43-41-25-23-21-19-17-15-13-11-9-7-2/h8,10,14,16-17,19-20,22-23,25-27,29-30,32-33,35-36,38-39,42,44,63,67H,6-7,9,11-13,15,18,21,24,28,31,34,37,40-41,43,45-62H2,1-5H3/b10-8-,16-14-,19-17-,22-20-,25-23-,27-26-,30-29-,33-32-,36-35-,39-38-,44-42-. The van der Waals surface area contributed by atoms with Crippen molar-refractivity contribution >= 4 is 17.9 Å². The van der Waals surface area contributed by atoms with Crippen LogP contribution in [0.3, 0.4) is 0 Å². The number of rotatable bonds is 53. The zero-order valence-electron chi connectivity index (χ0n) is 48.8. The predicted octanol–water partition coefficient (Wildman–Crippen LogP) is 16.5. The van der Waals surface area contributed by atoms with E-state index in [-0.39, 0.29) is 38.6 Å². The van der Waals surface area contributed by atoms with Crippen LogP contribution < -0.4 is 5.11 Å². The largest absolute Gasteiger partial charge is 0.545 e. The fourth-order valence-corrected chi connectivity index (χ4v) is 7.56. The number of carbonyl (C=O) groups excluding carboxylic acids is 3. The molecule has 9 nitrogen and oxygen atoms in total. The smallest absolute Gasteiger partial charge is 0.306 e. The van der Waals surface area contributed by atoms with Gasteiger partial charge in [-0.15, -0.1) is 0 Å². The number of carbonyl (C=O) groups is 3. The molecular weight excluding hydrogens is 947 g/mol. The highest BCUT2D eigenvalue weighted by Gasteiger charge is 2.22. The monoisotopic (exact) mass is 1060 g/mol. The molecule has 2 atom stereocenters. The Balaban J connectivity index is 4.32. The van der Waals surface area contributed by atoms with Crippen molar-refractivity contribution in [1.82, 2.24) is 0 Å². The van der Waals surface area contributed by atoms with Gasteiger partial charge in [0.15, 0.2) is 12.4 Å². The summed E-state index contributed by atoms with van der Waals surface area (Å²) < 4.78 is 22.7. The molecule has 0 radical (unpaired) electrons. The molecule has 0 saturated heterocycles. The average Bonchev–Trinajstić information content (AvgIpc) is 3.39. The van der Waals surface area contributed by atoms with E-state index in [1.807, 2.05) is 21.1 Å². The highest BCUT2D eigenvalue weighted by Crippen LogP contribution is 2.13. The zero-order chi connectivity index (χ0) is 55.5. The predicted molar refractivity (Wildman–Crippen MR) is 319 cm³/mol. The van der Waals surface area contributed by atoms with Crippen molar-refractivity contribution in [1.29, 1.82) is 0 Å². The number of unbranched alkanes of at least 4 members (excludes halogenated alkanes) is 16. The first kappa shape index (κ1) is 71.4. The van der Waals surface area contributed by atoms with Gasteiger partial charge in [-0.3, -0.25) is 9.59 Å². The van der Waals surface area contributed by atoms with Gasteiger partial charge >= 0.3 is 11.9 Å². The Hall–Kier alpha value is -4.57. The van der Waals surface area contributed by atoms with E-state index in [0.717, 1.165) is 128 Å². The summed E-state index contributed by atoms with van der Waals surface area (Å²) in [6.07, 6.45) is 77.8. The molecule has 0 heterocycles. The number of esters is 2. The van der Waals surface area contributed by atoms with Gasteiger partial charge in [0, 0.05) is 12.8 Å². The van der Waals surface area contributed by atoms with E-state index in [2.05, 4.69) is 148 Å². The molecule has 0 rings (SSSR count). The number of carboxylic acids is 1. The normalized spacial score (nSPS) is 13.8. The van der Waals surface area contributed by atoms with Crippen LogP contribution in [0.15, 0.2) is 134 Å². The molecule has 76 heavy (non-hydrogen) atoms. The van der Waals surface area contributed by atoms with Gasteiger partial charge in [-0.2, -0.15) is 0 Å². The molecule has 0 aliphatic carbocycles. The molecule has 9 heteroatoms. The maximum atomic E-state index is 12.9. The first-order chi connectivity index (χ1) is 37.1. The molecule has 2 unspecified atom stereocenters. The summed E-state index contributed by atoms with van der Waals surface area (Å²) in [5.41, 5.74) is 0. The van der Waals surface area contributed by atoms with Crippen molar-refractivity contribution in [2.45, 2.75) is 225 Å². The summed E-state index contributed by atoms with van der Waals surface area (Å²) >= 11 is 0. The van der Waals surface area contributed by atoms with Gasteiger partial charge in [0.1, 0.15) is 13.2 Å². The van der Waals surface area contributed by atoms with Crippen LogP contribution in [0.5, 0.6) is 0 Å². The Morgan fingerprint density at radius 1 is 0.408 bits per heavy atom. The molecule has 0 bridgehead atoms. The van der Waals surface area contributed by atoms with Crippen LogP contribution in [0.2, 0.25) is 0 Å². The van der Waals surface area contributed by atoms with Crippen molar-refractivity contribution in [3.63, 3.8) is 0 Å². The lowest BCUT2D eigenvalue weighted by Crippen LogP contribution is -2.44. The first-order valence-corrected chi connectivity index (χ1v) is 29.8. The molecule has 0 aliphatic rings. The molecule has 0 aromatic heterocycles. The lowest BCUT2D eigenvalue weighted by atomic mass is 10.1. The van der Waals surface area contributed by atoms with Crippen LogP contribution in [0.1, 0.15) is 213 Å². The number of likely N-dealkylation sites (N-methyl/N-ethyl adjacent to an activating group) is 1. The molecule has 0 fully saturated rings. The summed E-state index contributed by atoms with van der Waals surface area (Å²) in [5.74, 6) is -2.34. The van der Waals surface area contributed by atoms with Gasteiger partial charge in [0.25, 0.3) is 0 Å². The lowest BCUT2D eigenvalue weighted by molar-refractivity contribution is -0.870. The van der Waals surface area contributed by atoms with Gasteiger partial charge in [-0.1, -0.05) is 218 Å². The van der Waals surface area contributed by atoms with Crippen molar-refractivity contribution in [2.75, 3.05) is 47.5 Å². The SMILES string of the molecule is CC/C=C\C/C=C\C/C=C\C/C=C\C/C=C\C/C=C\C/C=C\C/C=C\C/C=C\CCCCCCCC(=O)OC(COC(=O)CCCCCCCCC/C=C\C/C=C\CCCCCC)COC(OCC[N+](C)(C)C)C(=O)[O-].